The van der Waals surface area contributed by atoms with Gasteiger partial charge in [-0.1, -0.05) is 25.9 Å². The molecule has 0 spiro atoms. The molecule has 0 fully saturated rings. The van der Waals surface area contributed by atoms with Crippen LogP contribution in [0.15, 0.2) is 22.9 Å². The quantitative estimate of drug-likeness (QED) is 0.854. The number of nitrogens with zero attached hydrogens (tertiary/aromatic N) is 4. The smallest absolute Gasteiger partial charge is 0.276 e. The number of hydrogen-bond acceptors (Lipinski definition) is 6. The average Bonchev–Trinajstić information content (AvgIpc) is 2.87. The number of nitriles is 1. The van der Waals surface area contributed by atoms with Gasteiger partial charge in [-0.05, 0) is 17.5 Å². The summed E-state index contributed by atoms with van der Waals surface area (Å²) >= 11 is 0. The van der Waals surface area contributed by atoms with E-state index < -0.39 is 0 Å². The van der Waals surface area contributed by atoms with Crippen LogP contribution in [0.3, 0.4) is 0 Å². The van der Waals surface area contributed by atoms with Gasteiger partial charge in [-0.2, -0.15) is 10.2 Å². The number of rotatable bonds is 3. The van der Waals surface area contributed by atoms with Gasteiger partial charge in [0.2, 0.25) is 5.82 Å². The lowest BCUT2D eigenvalue weighted by atomic mass is 9.88. The van der Waals surface area contributed by atoms with Crippen LogP contribution in [-0.2, 0) is 4.74 Å². The molecule has 20 heavy (non-hydrogen) atoms. The maximum absolute atomic E-state index is 8.74. The predicted octanol–water partition coefficient (Wildman–Crippen LogP) is 2.74. The molecule has 2 aromatic heterocycles. The summed E-state index contributed by atoms with van der Waals surface area (Å²) in [4.78, 5) is 8.45. The van der Waals surface area contributed by atoms with Crippen molar-refractivity contribution < 1.29 is 9.26 Å². The van der Waals surface area contributed by atoms with Crippen LogP contribution in [0, 0.1) is 16.7 Å². The van der Waals surface area contributed by atoms with Crippen LogP contribution >= 0.6 is 0 Å². The van der Waals surface area contributed by atoms with Crippen LogP contribution in [0.5, 0.6) is 0 Å². The minimum Gasteiger partial charge on any atom is -0.373 e. The van der Waals surface area contributed by atoms with Gasteiger partial charge in [-0.15, -0.1) is 0 Å². The Kier molecular flexibility index (Phi) is 3.81. The van der Waals surface area contributed by atoms with E-state index in [0.717, 1.165) is 0 Å². The molecule has 0 saturated heterocycles. The van der Waals surface area contributed by atoms with Crippen LogP contribution in [-0.4, -0.2) is 22.2 Å². The Labute approximate surface area is 117 Å². The summed E-state index contributed by atoms with van der Waals surface area (Å²) in [6, 6.07) is 5.34. The van der Waals surface area contributed by atoms with Gasteiger partial charge in [0.1, 0.15) is 17.9 Å². The molecule has 0 N–H and O–H groups in total. The monoisotopic (exact) mass is 272 g/mol. The second kappa shape index (κ2) is 5.39. The SMILES string of the molecule is COC(c1noc(-c2ccc(C#N)cn2)n1)C(C)(C)C. The van der Waals surface area contributed by atoms with E-state index in [0.29, 0.717) is 23.0 Å². The van der Waals surface area contributed by atoms with Crippen molar-refractivity contribution in [1.82, 2.24) is 15.1 Å². The average molecular weight is 272 g/mol. The van der Waals surface area contributed by atoms with Crippen molar-refractivity contribution in [1.29, 1.82) is 5.26 Å². The summed E-state index contributed by atoms with van der Waals surface area (Å²) < 4.78 is 10.7. The zero-order chi connectivity index (χ0) is 14.8. The molecule has 0 aliphatic heterocycles. The van der Waals surface area contributed by atoms with Crippen LogP contribution in [0.2, 0.25) is 0 Å². The molecule has 2 rings (SSSR count). The lowest BCUT2D eigenvalue weighted by molar-refractivity contribution is 0.00718. The molecule has 0 radical (unpaired) electrons. The zero-order valence-electron chi connectivity index (χ0n) is 11.9. The molecule has 0 aliphatic rings. The number of pyridine rings is 1. The number of methoxy groups -OCH3 is 1. The fourth-order valence-corrected chi connectivity index (χ4v) is 1.88. The van der Waals surface area contributed by atoms with Crippen LogP contribution in [0.4, 0.5) is 0 Å². The molecule has 1 atom stereocenters. The van der Waals surface area contributed by atoms with Gasteiger partial charge in [0.05, 0.1) is 5.56 Å². The van der Waals surface area contributed by atoms with E-state index in [-0.39, 0.29) is 11.5 Å². The van der Waals surface area contributed by atoms with Crippen LogP contribution in [0.25, 0.3) is 11.6 Å². The lowest BCUT2D eigenvalue weighted by Gasteiger charge is -2.26. The summed E-state index contributed by atoms with van der Waals surface area (Å²) in [6.07, 6.45) is 1.20. The first-order valence-electron chi connectivity index (χ1n) is 6.18. The lowest BCUT2D eigenvalue weighted by Crippen LogP contribution is -2.21. The Balaban J connectivity index is 2.30. The molecule has 2 aromatic rings. The van der Waals surface area contributed by atoms with Gasteiger partial charge < -0.3 is 9.26 Å². The summed E-state index contributed by atoms with van der Waals surface area (Å²) in [6.45, 7) is 6.12. The molecule has 0 aliphatic carbocycles. The third kappa shape index (κ3) is 2.83. The second-order valence-corrected chi connectivity index (χ2v) is 5.48. The van der Waals surface area contributed by atoms with Gasteiger partial charge in [-0.25, -0.2) is 4.98 Å². The van der Waals surface area contributed by atoms with E-state index in [9.17, 15) is 0 Å². The zero-order valence-corrected chi connectivity index (χ0v) is 11.9. The van der Waals surface area contributed by atoms with Crippen molar-refractivity contribution in [3.8, 4) is 17.7 Å². The van der Waals surface area contributed by atoms with Crippen LogP contribution < -0.4 is 0 Å². The fourth-order valence-electron chi connectivity index (χ4n) is 1.88. The first kappa shape index (κ1) is 14.2. The highest BCUT2D eigenvalue weighted by molar-refractivity contribution is 5.47. The Bertz CT molecular complexity index is 620. The number of aromatic nitrogens is 3. The normalized spacial score (nSPS) is 12.9. The topological polar surface area (TPSA) is 84.8 Å². The molecule has 0 aromatic carbocycles. The van der Waals surface area contributed by atoms with Crippen molar-refractivity contribution >= 4 is 0 Å². The number of ether oxygens (including phenoxy) is 1. The fraction of sp³-hybridized carbons (Fsp3) is 0.429. The van der Waals surface area contributed by atoms with Crippen molar-refractivity contribution in [2.75, 3.05) is 7.11 Å². The third-order valence-corrected chi connectivity index (χ3v) is 2.81. The van der Waals surface area contributed by atoms with E-state index in [4.69, 9.17) is 14.5 Å². The van der Waals surface area contributed by atoms with E-state index in [1.54, 1.807) is 19.2 Å². The van der Waals surface area contributed by atoms with Gasteiger partial charge in [0.15, 0.2) is 0 Å². The highest BCUT2D eigenvalue weighted by atomic mass is 16.5. The molecule has 0 bridgehead atoms. The third-order valence-electron chi connectivity index (χ3n) is 2.81. The highest BCUT2D eigenvalue weighted by Crippen LogP contribution is 2.34. The largest absolute Gasteiger partial charge is 0.373 e. The standard InChI is InChI=1S/C14H16N4O2/c1-14(2,3)11(19-4)12-17-13(20-18-12)10-6-5-9(7-15)8-16-10/h5-6,8,11H,1-4H3. The van der Waals surface area contributed by atoms with Crippen molar-refractivity contribution in [3.05, 3.63) is 29.7 Å². The highest BCUT2D eigenvalue weighted by Gasteiger charge is 2.30. The van der Waals surface area contributed by atoms with Crippen molar-refractivity contribution in [3.63, 3.8) is 0 Å². The summed E-state index contributed by atoms with van der Waals surface area (Å²) in [7, 11) is 1.62. The molecule has 6 heteroatoms. The summed E-state index contributed by atoms with van der Waals surface area (Å²) in [5, 5.41) is 12.7. The number of hydrogen-bond donors (Lipinski definition) is 0. The molecular formula is C14H16N4O2. The molecule has 6 nitrogen and oxygen atoms in total. The minimum absolute atomic E-state index is 0.145. The van der Waals surface area contributed by atoms with Gasteiger partial charge >= 0.3 is 0 Å². The molecule has 0 amide bonds. The molecular weight excluding hydrogens is 256 g/mol. The second-order valence-electron chi connectivity index (χ2n) is 5.48. The molecule has 104 valence electrons. The maximum atomic E-state index is 8.74. The van der Waals surface area contributed by atoms with Crippen molar-refractivity contribution in [2.45, 2.75) is 26.9 Å². The summed E-state index contributed by atoms with van der Waals surface area (Å²) in [5.74, 6) is 0.803. The van der Waals surface area contributed by atoms with Crippen molar-refractivity contribution in [2.24, 2.45) is 5.41 Å². The Morgan fingerprint density at radius 3 is 2.60 bits per heavy atom. The van der Waals surface area contributed by atoms with E-state index >= 15 is 0 Å². The molecule has 0 saturated carbocycles. The van der Waals surface area contributed by atoms with Crippen LogP contribution in [0.1, 0.15) is 38.3 Å². The Morgan fingerprint density at radius 2 is 2.10 bits per heavy atom. The maximum Gasteiger partial charge on any atom is 0.276 e. The first-order valence-corrected chi connectivity index (χ1v) is 6.18. The van der Waals surface area contributed by atoms with Gasteiger partial charge in [-0.3, -0.25) is 0 Å². The first-order chi connectivity index (χ1) is 9.45. The van der Waals surface area contributed by atoms with E-state index in [1.807, 2.05) is 26.8 Å². The molecule has 2 heterocycles. The van der Waals surface area contributed by atoms with E-state index in [1.165, 1.54) is 6.20 Å². The molecule has 1 unspecified atom stereocenters. The van der Waals surface area contributed by atoms with E-state index in [2.05, 4.69) is 15.1 Å². The summed E-state index contributed by atoms with van der Waals surface area (Å²) in [5.41, 5.74) is 0.873. The predicted molar refractivity (Wildman–Crippen MR) is 71.4 cm³/mol. The van der Waals surface area contributed by atoms with Gasteiger partial charge in [0, 0.05) is 13.3 Å². The Morgan fingerprint density at radius 1 is 1.35 bits per heavy atom. The van der Waals surface area contributed by atoms with Gasteiger partial charge in [0.25, 0.3) is 5.89 Å². The minimum atomic E-state index is -0.265. The Hall–Kier alpha value is -2.26.